The van der Waals surface area contributed by atoms with Gasteiger partial charge in [-0.25, -0.2) is 18.4 Å². The predicted molar refractivity (Wildman–Crippen MR) is 91.7 cm³/mol. The monoisotopic (exact) mass is 352 g/mol. The fourth-order valence-corrected chi connectivity index (χ4v) is 3.52. The van der Waals surface area contributed by atoms with Gasteiger partial charge in [0, 0.05) is 17.4 Å². The van der Waals surface area contributed by atoms with Crippen LogP contribution in [0, 0.1) is 6.92 Å². The number of anilines is 3. The topological polar surface area (TPSA) is 84.0 Å². The van der Waals surface area contributed by atoms with Gasteiger partial charge in [-0.3, -0.25) is 4.72 Å². The Kier molecular flexibility index (Phi) is 3.93. The lowest BCUT2D eigenvalue weighted by Crippen LogP contribution is -2.26. The van der Waals surface area contributed by atoms with Crippen molar-refractivity contribution in [2.24, 2.45) is 0 Å². The molecule has 0 saturated heterocycles. The summed E-state index contributed by atoms with van der Waals surface area (Å²) in [6.45, 7) is 3.61. The van der Waals surface area contributed by atoms with E-state index < -0.39 is 14.8 Å². The highest BCUT2D eigenvalue weighted by Gasteiger charge is 2.50. The third-order valence-corrected chi connectivity index (χ3v) is 6.32. The lowest BCUT2D eigenvalue weighted by molar-refractivity contribution is 0.587. The van der Waals surface area contributed by atoms with E-state index in [9.17, 15) is 8.42 Å². The van der Waals surface area contributed by atoms with Crippen LogP contribution in [0.5, 0.6) is 0 Å². The fourth-order valence-electron chi connectivity index (χ4n) is 2.07. The molecule has 0 aliphatic heterocycles. The standard InChI is InChI=1S/C15H17ClN4O2S/c1-10-9-17-14(16)19-13(10)18-11-4-3-5-12(8-11)20-23(21,22)15(2)6-7-15/h3-5,8-9,20H,6-7H2,1-2H3,(H,17,18,19). The molecule has 1 fully saturated rings. The molecule has 1 saturated carbocycles. The normalized spacial score (nSPS) is 16.0. The summed E-state index contributed by atoms with van der Waals surface area (Å²) >= 11 is 5.80. The van der Waals surface area contributed by atoms with E-state index in [0.29, 0.717) is 30.0 Å². The lowest BCUT2D eigenvalue weighted by atomic mass is 10.2. The molecule has 1 aliphatic carbocycles. The Hall–Kier alpha value is -1.86. The quantitative estimate of drug-likeness (QED) is 0.805. The minimum absolute atomic E-state index is 0.150. The van der Waals surface area contributed by atoms with Crippen LogP contribution >= 0.6 is 11.6 Å². The molecule has 0 bridgehead atoms. The van der Waals surface area contributed by atoms with E-state index in [1.54, 1.807) is 31.3 Å². The van der Waals surface area contributed by atoms with Gasteiger partial charge in [-0.1, -0.05) is 6.07 Å². The Balaban J connectivity index is 1.82. The second kappa shape index (κ2) is 5.65. The smallest absolute Gasteiger partial charge is 0.238 e. The van der Waals surface area contributed by atoms with Gasteiger partial charge < -0.3 is 5.32 Å². The van der Waals surface area contributed by atoms with E-state index in [1.165, 1.54) is 0 Å². The fraction of sp³-hybridized carbons (Fsp3) is 0.333. The second-order valence-corrected chi connectivity index (χ2v) is 8.47. The van der Waals surface area contributed by atoms with Crippen LogP contribution < -0.4 is 10.0 Å². The number of aryl methyl sites for hydroxylation is 1. The van der Waals surface area contributed by atoms with Gasteiger partial charge in [-0.05, 0) is 56.5 Å². The van der Waals surface area contributed by atoms with Crippen molar-refractivity contribution in [1.82, 2.24) is 9.97 Å². The summed E-state index contributed by atoms with van der Waals surface area (Å²) in [6, 6.07) is 7.03. The first-order valence-electron chi connectivity index (χ1n) is 7.18. The van der Waals surface area contributed by atoms with Crippen LogP contribution in [0.2, 0.25) is 5.28 Å². The minimum Gasteiger partial charge on any atom is -0.340 e. The SMILES string of the molecule is Cc1cnc(Cl)nc1Nc1cccc(NS(=O)(=O)C2(C)CC2)c1. The zero-order chi connectivity index (χ0) is 16.7. The van der Waals surface area contributed by atoms with Crippen LogP contribution in [0.25, 0.3) is 0 Å². The summed E-state index contributed by atoms with van der Waals surface area (Å²) in [5.41, 5.74) is 2.07. The van der Waals surface area contributed by atoms with Gasteiger partial charge in [0.25, 0.3) is 0 Å². The van der Waals surface area contributed by atoms with Crippen LogP contribution in [-0.4, -0.2) is 23.1 Å². The molecule has 1 aromatic heterocycles. The molecule has 0 spiro atoms. The molecule has 3 rings (SSSR count). The lowest BCUT2D eigenvalue weighted by Gasteiger charge is -2.14. The van der Waals surface area contributed by atoms with E-state index >= 15 is 0 Å². The van der Waals surface area contributed by atoms with Crippen molar-refractivity contribution >= 4 is 38.8 Å². The summed E-state index contributed by atoms with van der Waals surface area (Å²) in [5, 5.41) is 3.27. The highest BCUT2D eigenvalue weighted by atomic mass is 35.5. The number of rotatable bonds is 5. The first-order valence-corrected chi connectivity index (χ1v) is 9.04. The van der Waals surface area contributed by atoms with Crippen LogP contribution in [0.3, 0.4) is 0 Å². The largest absolute Gasteiger partial charge is 0.340 e. The second-order valence-electron chi connectivity index (χ2n) is 5.93. The molecular formula is C15H17ClN4O2S. The van der Waals surface area contributed by atoms with Gasteiger partial charge in [0.2, 0.25) is 15.3 Å². The third-order valence-electron chi connectivity index (χ3n) is 3.92. The van der Waals surface area contributed by atoms with E-state index in [0.717, 1.165) is 5.56 Å². The van der Waals surface area contributed by atoms with E-state index in [2.05, 4.69) is 20.0 Å². The summed E-state index contributed by atoms with van der Waals surface area (Å²) < 4.78 is 26.6. The Morgan fingerprint density at radius 3 is 2.65 bits per heavy atom. The number of hydrogen-bond donors (Lipinski definition) is 2. The Morgan fingerprint density at radius 2 is 1.96 bits per heavy atom. The average Bonchev–Trinajstić information content (AvgIpc) is 3.23. The number of nitrogens with one attached hydrogen (secondary N) is 2. The van der Waals surface area contributed by atoms with E-state index in [4.69, 9.17) is 11.6 Å². The molecule has 2 N–H and O–H groups in total. The zero-order valence-corrected chi connectivity index (χ0v) is 14.4. The summed E-state index contributed by atoms with van der Waals surface area (Å²) in [5.74, 6) is 0.583. The number of benzene rings is 1. The Morgan fingerprint density at radius 1 is 1.26 bits per heavy atom. The molecule has 0 atom stereocenters. The van der Waals surface area contributed by atoms with E-state index in [1.807, 2.05) is 13.0 Å². The van der Waals surface area contributed by atoms with Gasteiger partial charge in [-0.2, -0.15) is 0 Å². The minimum atomic E-state index is -3.37. The highest BCUT2D eigenvalue weighted by Crippen LogP contribution is 2.43. The highest BCUT2D eigenvalue weighted by molar-refractivity contribution is 7.94. The number of halogens is 1. The molecular weight excluding hydrogens is 336 g/mol. The molecule has 1 heterocycles. The van der Waals surface area contributed by atoms with Gasteiger partial charge >= 0.3 is 0 Å². The zero-order valence-electron chi connectivity index (χ0n) is 12.8. The van der Waals surface area contributed by atoms with Crippen LogP contribution in [0.15, 0.2) is 30.5 Å². The summed E-state index contributed by atoms with van der Waals surface area (Å²) in [6.07, 6.45) is 3.01. The number of nitrogens with zero attached hydrogens (tertiary/aromatic N) is 2. The third kappa shape index (κ3) is 3.40. The van der Waals surface area contributed by atoms with Crippen molar-refractivity contribution < 1.29 is 8.42 Å². The molecule has 23 heavy (non-hydrogen) atoms. The predicted octanol–water partition coefficient (Wildman–Crippen LogP) is 3.48. The van der Waals surface area contributed by atoms with Gasteiger partial charge in [0.05, 0.1) is 10.4 Å². The maximum Gasteiger partial charge on any atom is 0.238 e. The molecule has 6 nitrogen and oxygen atoms in total. The van der Waals surface area contributed by atoms with Crippen molar-refractivity contribution in [3.05, 3.63) is 41.3 Å². The van der Waals surface area contributed by atoms with Gasteiger partial charge in [0.15, 0.2) is 0 Å². The van der Waals surface area contributed by atoms with Crippen molar-refractivity contribution in [3.63, 3.8) is 0 Å². The Bertz CT molecular complexity index is 850. The van der Waals surface area contributed by atoms with Gasteiger partial charge in [0.1, 0.15) is 5.82 Å². The Labute approximate surface area is 140 Å². The number of hydrogen-bond acceptors (Lipinski definition) is 5. The number of aromatic nitrogens is 2. The van der Waals surface area contributed by atoms with Crippen molar-refractivity contribution in [3.8, 4) is 0 Å². The molecule has 2 aromatic rings. The molecule has 1 aromatic carbocycles. The number of sulfonamides is 1. The van der Waals surface area contributed by atoms with Crippen molar-refractivity contribution in [1.29, 1.82) is 0 Å². The van der Waals surface area contributed by atoms with Crippen molar-refractivity contribution in [2.75, 3.05) is 10.0 Å². The molecule has 1 aliphatic rings. The molecule has 8 heteroatoms. The van der Waals surface area contributed by atoms with Crippen LogP contribution in [0.4, 0.5) is 17.2 Å². The summed E-state index contributed by atoms with van der Waals surface area (Å²) in [7, 11) is -3.37. The molecule has 0 amide bonds. The first-order chi connectivity index (χ1) is 10.8. The molecule has 122 valence electrons. The van der Waals surface area contributed by atoms with Crippen LogP contribution in [-0.2, 0) is 10.0 Å². The molecule has 0 radical (unpaired) electrons. The van der Waals surface area contributed by atoms with Gasteiger partial charge in [-0.15, -0.1) is 0 Å². The van der Waals surface area contributed by atoms with Crippen LogP contribution in [0.1, 0.15) is 25.3 Å². The first kappa shape index (κ1) is 16.0. The maximum absolute atomic E-state index is 12.3. The average molecular weight is 353 g/mol. The maximum atomic E-state index is 12.3. The van der Waals surface area contributed by atoms with Crippen molar-refractivity contribution in [2.45, 2.75) is 31.4 Å². The van der Waals surface area contributed by atoms with E-state index in [-0.39, 0.29) is 5.28 Å². The molecule has 0 unspecified atom stereocenters. The summed E-state index contributed by atoms with van der Waals surface area (Å²) in [4.78, 5) is 8.03.